The van der Waals surface area contributed by atoms with E-state index in [0.717, 1.165) is 17.9 Å². The average molecular weight is 337 g/mol. The molecule has 0 saturated heterocycles. The number of hydrogen-bond acceptors (Lipinski definition) is 4. The lowest BCUT2D eigenvalue weighted by atomic mass is 10.1. The van der Waals surface area contributed by atoms with Crippen LogP contribution in [-0.4, -0.2) is 43.0 Å². The molecule has 0 radical (unpaired) electrons. The normalized spacial score (nSPS) is 17.6. The summed E-state index contributed by atoms with van der Waals surface area (Å²) in [6, 6.07) is 13.2. The predicted molar refractivity (Wildman–Crippen MR) is 95.1 cm³/mol. The van der Waals surface area contributed by atoms with Gasteiger partial charge in [-0.25, -0.2) is 0 Å². The fourth-order valence-electron chi connectivity index (χ4n) is 3.27. The van der Waals surface area contributed by atoms with Crippen LogP contribution in [0.4, 0.5) is 11.4 Å². The lowest BCUT2D eigenvalue weighted by Crippen LogP contribution is -2.36. The van der Waals surface area contributed by atoms with Crippen LogP contribution in [0.25, 0.3) is 0 Å². The van der Waals surface area contributed by atoms with Crippen molar-refractivity contribution in [1.82, 2.24) is 4.90 Å². The van der Waals surface area contributed by atoms with Gasteiger partial charge in [0.25, 0.3) is 5.91 Å². The molecule has 0 aliphatic carbocycles. The Bertz CT molecular complexity index is 825. The minimum absolute atomic E-state index is 0.0367. The molecule has 128 valence electrons. The van der Waals surface area contributed by atoms with Gasteiger partial charge in [0.1, 0.15) is 11.9 Å². The van der Waals surface area contributed by atoms with E-state index in [-0.39, 0.29) is 24.5 Å². The zero-order chi connectivity index (χ0) is 17.4. The molecule has 2 aromatic carbocycles. The molecule has 2 N–H and O–H groups in total. The molecule has 0 fully saturated rings. The maximum atomic E-state index is 12.7. The number of benzene rings is 2. The molecule has 0 spiro atoms. The molecule has 25 heavy (non-hydrogen) atoms. The molecule has 0 aromatic heterocycles. The van der Waals surface area contributed by atoms with E-state index < -0.39 is 0 Å². The van der Waals surface area contributed by atoms with Gasteiger partial charge < -0.3 is 20.3 Å². The van der Waals surface area contributed by atoms with E-state index in [2.05, 4.69) is 16.7 Å². The summed E-state index contributed by atoms with van der Waals surface area (Å²) < 4.78 is 5.91. The Hall–Kier alpha value is -3.02. The Morgan fingerprint density at radius 3 is 2.92 bits per heavy atom. The lowest BCUT2D eigenvalue weighted by molar-refractivity contribution is -0.114. The minimum atomic E-state index is -0.109. The maximum Gasteiger partial charge on any atom is 0.253 e. The molecule has 0 saturated carbocycles. The van der Waals surface area contributed by atoms with E-state index in [4.69, 9.17) is 4.74 Å². The topological polar surface area (TPSA) is 70.7 Å². The molecule has 4 rings (SSSR count). The second kappa shape index (κ2) is 6.12. The third-order valence-corrected chi connectivity index (χ3v) is 4.52. The van der Waals surface area contributed by atoms with Crippen LogP contribution in [0.1, 0.15) is 15.9 Å². The number of ether oxygens (including phenoxy) is 1. The second-order valence-electron chi connectivity index (χ2n) is 6.40. The highest BCUT2D eigenvalue weighted by Crippen LogP contribution is 2.29. The van der Waals surface area contributed by atoms with Gasteiger partial charge in [-0.05, 0) is 29.8 Å². The van der Waals surface area contributed by atoms with Crippen molar-refractivity contribution in [3.63, 3.8) is 0 Å². The van der Waals surface area contributed by atoms with Crippen LogP contribution >= 0.6 is 0 Å². The zero-order valence-corrected chi connectivity index (χ0v) is 13.9. The van der Waals surface area contributed by atoms with E-state index in [1.807, 2.05) is 24.3 Å². The Kier molecular flexibility index (Phi) is 3.80. The second-order valence-corrected chi connectivity index (χ2v) is 6.40. The van der Waals surface area contributed by atoms with Crippen LogP contribution in [0.2, 0.25) is 0 Å². The predicted octanol–water partition coefficient (Wildman–Crippen LogP) is 2.13. The average Bonchev–Trinajstić information content (AvgIpc) is 3.02. The first-order valence-electron chi connectivity index (χ1n) is 8.28. The molecule has 2 amide bonds. The first-order valence-corrected chi connectivity index (χ1v) is 8.28. The summed E-state index contributed by atoms with van der Waals surface area (Å²) in [6.45, 7) is 0.759. The van der Waals surface area contributed by atoms with Crippen molar-refractivity contribution < 1.29 is 14.3 Å². The lowest BCUT2D eigenvalue weighted by Gasteiger charge is -2.23. The van der Waals surface area contributed by atoms with Gasteiger partial charge >= 0.3 is 0 Å². The Balaban J connectivity index is 1.44. The van der Waals surface area contributed by atoms with Crippen LogP contribution in [0.15, 0.2) is 42.5 Å². The largest absolute Gasteiger partial charge is 0.488 e. The van der Waals surface area contributed by atoms with Crippen molar-refractivity contribution >= 4 is 23.2 Å². The van der Waals surface area contributed by atoms with Crippen molar-refractivity contribution in [2.75, 3.05) is 30.8 Å². The molecule has 2 aliphatic rings. The molecule has 0 bridgehead atoms. The van der Waals surface area contributed by atoms with E-state index in [9.17, 15) is 9.59 Å². The molecule has 6 heteroatoms. The molecular formula is C19H19N3O3. The Morgan fingerprint density at radius 1 is 1.24 bits per heavy atom. The quantitative estimate of drug-likeness (QED) is 0.900. The summed E-state index contributed by atoms with van der Waals surface area (Å²) >= 11 is 0. The number of carbonyl (C=O) groups is 2. The fraction of sp³-hybridized carbons (Fsp3) is 0.263. The van der Waals surface area contributed by atoms with Gasteiger partial charge in [-0.1, -0.05) is 18.2 Å². The number of carbonyl (C=O) groups excluding carboxylic acids is 2. The highest BCUT2D eigenvalue weighted by molar-refractivity contribution is 6.03. The first-order chi connectivity index (χ1) is 12.1. The van der Waals surface area contributed by atoms with Gasteiger partial charge in [0, 0.05) is 19.0 Å². The van der Waals surface area contributed by atoms with E-state index in [0.29, 0.717) is 17.8 Å². The van der Waals surface area contributed by atoms with Gasteiger partial charge in [-0.3, -0.25) is 9.59 Å². The van der Waals surface area contributed by atoms with Crippen LogP contribution in [0, 0.1) is 0 Å². The third kappa shape index (κ3) is 3.03. The van der Waals surface area contributed by atoms with Gasteiger partial charge in [0.05, 0.1) is 24.5 Å². The van der Waals surface area contributed by atoms with Crippen molar-refractivity contribution in [3.8, 4) is 5.75 Å². The number of rotatable bonds is 3. The SMILES string of the molecule is CN(C[C@@H]1Cc2ccccc2O1)C(=O)c1ccc2c(c1)NC(=O)CN2. The molecule has 1 atom stereocenters. The number of likely N-dealkylation sites (N-methyl/N-ethyl adjacent to an activating group) is 1. The number of nitrogens with one attached hydrogen (secondary N) is 2. The summed E-state index contributed by atoms with van der Waals surface area (Å²) in [6.07, 6.45) is 0.767. The van der Waals surface area contributed by atoms with Gasteiger partial charge in [0.2, 0.25) is 5.91 Å². The Morgan fingerprint density at radius 2 is 2.08 bits per heavy atom. The smallest absolute Gasteiger partial charge is 0.253 e. The van der Waals surface area contributed by atoms with Crippen LogP contribution < -0.4 is 15.4 Å². The van der Waals surface area contributed by atoms with Gasteiger partial charge in [-0.2, -0.15) is 0 Å². The number of para-hydroxylation sites is 1. The fourth-order valence-corrected chi connectivity index (χ4v) is 3.27. The summed E-state index contributed by atoms with van der Waals surface area (Å²) in [4.78, 5) is 25.9. The van der Waals surface area contributed by atoms with Crippen molar-refractivity contribution in [3.05, 3.63) is 53.6 Å². The number of anilines is 2. The minimum Gasteiger partial charge on any atom is -0.488 e. The maximum absolute atomic E-state index is 12.7. The highest BCUT2D eigenvalue weighted by Gasteiger charge is 2.26. The number of amides is 2. The van der Waals surface area contributed by atoms with Gasteiger partial charge in [-0.15, -0.1) is 0 Å². The van der Waals surface area contributed by atoms with Crippen molar-refractivity contribution in [2.24, 2.45) is 0 Å². The molecule has 2 aliphatic heterocycles. The molecule has 0 unspecified atom stereocenters. The highest BCUT2D eigenvalue weighted by atomic mass is 16.5. The third-order valence-electron chi connectivity index (χ3n) is 4.52. The number of hydrogen-bond donors (Lipinski definition) is 2. The van der Waals surface area contributed by atoms with Crippen molar-refractivity contribution in [1.29, 1.82) is 0 Å². The summed E-state index contributed by atoms with van der Waals surface area (Å²) in [7, 11) is 1.77. The van der Waals surface area contributed by atoms with E-state index in [1.165, 1.54) is 5.56 Å². The molecular weight excluding hydrogens is 318 g/mol. The molecule has 6 nitrogen and oxygen atoms in total. The Labute approximate surface area is 145 Å². The van der Waals surface area contributed by atoms with Crippen LogP contribution in [-0.2, 0) is 11.2 Å². The van der Waals surface area contributed by atoms with Crippen LogP contribution in [0.3, 0.4) is 0 Å². The monoisotopic (exact) mass is 337 g/mol. The standard InChI is InChI=1S/C19H19N3O3/c1-22(11-14-8-12-4-2-3-5-17(12)25-14)19(24)13-6-7-15-16(9-13)21-18(23)10-20-15/h2-7,9,14,20H,8,10-11H2,1H3,(H,21,23)/t14-/m0/s1. The van der Waals surface area contributed by atoms with E-state index >= 15 is 0 Å². The molecule has 2 aromatic rings. The number of nitrogens with zero attached hydrogens (tertiary/aromatic N) is 1. The van der Waals surface area contributed by atoms with Gasteiger partial charge in [0.15, 0.2) is 0 Å². The van der Waals surface area contributed by atoms with Crippen molar-refractivity contribution in [2.45, 2.75) is 12.5 Å². The summed E-state index contributed by atoms with van der Waals surface area (Å²) in [5, 5.41) is 5.80. The summed E-state index contributed by atoms with van der Waals surface area (Å²) in [5.41, 5.74) is 3.19. The zero-order valence-electron chi connectivity index (χ0n) is 13.9. The first kappa shape index (κ1) is 15.5. The van der Waals surface area contributed by atoms with Crippen LogP contribution in [0.5, 0.6) is 5.75 Å². The number of fused-ring (bicyclic) bond motifs is 2. The summed E-state index contributed by atoms with van der Waals surface area (Å²) in [5.74, 6) is 0.695. The van der Waals surface area contributed by atoms with E-state index in [1.54, 1.807) is 24.1 Å². The molecule has 2 heterocycles.